The van der Waals surface area contributed by atoms with Gasteiger partial charge in [0, 0.05) is 6.04 Å². The summed E-state index contributed by atoms with van der Waals surface area (Å²) in [6, 6.07) is 2.42. The predicted octanol–water partition coefficient (Wildman–Crippen LogP) is 0.0670. The highest BCUT2D eigenvalue weighted by Crippen LogP contribution is 2.19. The summed E-state index contributed by atoms with van der Waals surface area (Å²) in [6.45, 7) is 1.13. The van der Waals surface area contributed by atoms with E-state index in [0.717, 1.165) is 12.1 Å². The summed E-state index contributed by atoms with van der Waals surface area (Å²) in [7, 11) is -3.90. The number of sulfonamides is 1. The van der Waals surface area contributed by atoms with Gasteiger partial charge in [0.15, 0.2) is 0 Å². The van der Waals surface area contributed by atoms with E-state index in [1.807, 2.05) is 0 Å². The van der Waals surface area contributed by atoms with E-state index in [9.17, 15) is 12.8 Å². The van der Waals surface area contributed by atoms with Gasteiger partial charge >= 0.3 is 0 Å². The van der Waals surface area contributed by atoms with Gasteiger partial charge < -0.3 is 10.8 Å². The first-order chi connectivity index (χ1) is 7.36. The number of rotatable bonds is 4. The van der Waals surface area contributed by atoms with Crippen molar-refractivity contribution in [3.05, 3.63) is 24.0 Å². The molecule has 0 aliphatic heterocycles. The Kier molecular flexibility index (Phi) is 3.84. The minimum atomic E-state index is -3.90. The molecule has 1 rings (SSSR count). The van der Waals surface area contributed by atoms with Gasteiger partial charge in [-0.2, -0.15) is 0 Å². The smallest absolute Gasteiger partial charge is 0.243 e. The molecule has 0 radical (unpaired) electrons. The van der Waals surface area contributed by atoms with Gasteiger partial charge in [-0.25, -0.2) is 17.5 Å². The second-order valence-corrected chi connectivity index (χ2v) is 5.07. The average molecular weight is 248 g/mol. The monoisotopic (exact) mass is 248 g/mol. The van der Waals surface area contributed by atoms with E-state index in [1.54, 1.807) is 0 Å². The van der Waals surface area contributed by atoms with Gasteiger partial charge in [-0.15, -0.1) is 0 Å². The molecule has 4 N–H and O–H groups in total. The minimum Gasteiger partial charge on any atom is -0.398 e. The highest BCUT2D eigenvalue weighted by molar-refractivity contribution is 7.89. The van der Waals surface area contributed by atoms with Crippen LogP contribution in [-0.2, 0) is 10.0 Å². The van der Waals surface area contributed by atoms with E-state index < -0.39 is 21.9 Å². The number of aliphatic hydroxyl groups excluding tert-OH is 1. The molecular formula is C9H13FN2O3S. The van der Waals surface area contributed by atoms with Gasteiger partial charge in [-0.1, -0.05) is 0 Å². The fourth-order valence-corrected chi connectivity index (χ4v) is 2.48. The van der Waals surface area contributed by atoms with Gasteiger partial charge in [-0.3, -0.25) is 0 Å². The predicted molar refractivity (Wildman–Crippen MR) is 57.7 cm³/mol. The minimum absolute atomic E-state index is 0.0426. The first-order valence-corrected chi connectivity index (χ1v) is 6.03. The molecule has 7 heteroatoms. The van der Waals surface area contributed by atoms with Crippen LogP contribution < -0.4 is 10.5 Å². The molecule has 1 atom stereocenters. The van der Waals surface area contributed by atoms with Crippen LogP contribution in [-0.4, -0.2) is 26.2 Å². The van der Waals surface area contributed by atoms with Gasteiger partial charge in [0.1, 0.15) is 10.7 Å². The Morgan fingerprint density at radius 3 is 2.75 bits per heavy atom. The number of nitrogen functional groups attached to an aromatic ring is 1. The van der Waals surface area contributed by atoms with Crippen molar-refractivity contribution in [3.63, 3.8) is 0 Å². The molecule has 0 amide bonds. The molecule has 1 aromatic rings. The number of nitrogens with one attached hydrogen (secondary N) is 1. The van der Waals surface area contributed by atoms with Gasteiger partial charge in [0.05, 0.1) is 12.3 Å². The molecule has 0 saturated carbocycles. The molecule has 0 aliphatic carbocycles. The normalized spacial score (nSPS) is 13.7. The Morgan fingerprint density at radius 1 is 1.56 bits per heavy atom. The number of hydrogen-bond acceptors (Lipinski definition) is 4. The van der Waals surface area contributed by atoms with Crippen LogP contribution in [0.4, 0.5) is 10.1 Å². The molecule has 0 saturated heterocycles. The second kappa shape index (κ2) is 4.77. The van der Waals surface area contributed by atoms with Crippen molar-refractivity contribution in [2.24, 2.45) is 0 Å². The Labute approximate surface area is 93.1 Å². The summed E-state index contributed by atoms with van der Waals surface area (Å²) in [4.78, 5) is -0.326. The molecule has 0 bridgehead atoms. The molecule has 0 fully saturated rings. The summed E-state index contributed by atoms with van der Waals surface area (Å²) < 4.78 is 38.5. The lowest BCUT2D eigenvalue weighted by molar-refractivity contribution is 0.265. The van der Waals surface area contributed by atoms with Crippen LogP contribution >= 0.6 is 0 Å². The quantitative estimate of drug-likeness (QED) is 0.657. The fraction of sp³-hybridized carbons (Fsp3) is 0.333. The summed E-state index contributed by atoms with van der Waals surface area (Å²) >= 11 is 0. The number of aliphatic hydroxyl groups is 1. The van der Waals surface area contributed by atoms with Crippen LogP contribution in [0.5, 0.6) is 0 Å². The highest BCUT2D eigenvalue weighted by Gasteiger charge is 2.20. The van der Waals surface area contributed by atoms with Crippen molar-refractivity contribution in [2.75, 3.05) is 12.3 Å². The Bertz CT molecular complexity index is 476. The molecule has 0 heterocycles. The standard InChI is InChI=1S/C9H13FN2O3S/c1-6(5-13)12-16(14,15)9-4-7(10)2-3-8(9)11/h2-4,6,12-13H,5,11H2,1H3/t6-/m1/s1. The van der Waals surface area contributed by atoms with Gasteiger partial charge in [0.25, 0.3) is 0 Å². The van der Waals surface area contributed by atoms with Gasteiger partial charge in [0.2, 0.25) is 10.0 Å². The Hall–Kier alpha value is -1.18. The van der Waals surface area contributed by atoms with Crippen molar-refractivity contribution < 1.29 is 17.9 Å². The molecular weight excluding hydrogens is 235 g/mol. The third kappa shape index (κ3) is 2.91. The van der Waals surface area contributed by atoms with E-state index in [2.05, 4.69) is 4.72 Å². The summed E-state index contributed by atoms with van der Waals surface area (Å²) in [5.74, 6) is -0.689. The third-order valence-corrected chi connectivity index (χ3v) is 3.54. The molecule has 16 heavy (non-hydrogen) atoms. The maximum absolute atomic E-state index is 12.9. The molecule has 0 aliphatic rings. The number of benzene rings is 1. The van der Waals surface area contributed by atoms with Crippen LogP contribution in [0.3, 0.4) is 0 Å². The zero-order chi connectivity index (χ0) is 12.3. The number of anilines is 1. The number of halogens is 1. The van der Waals surface area contributed by atoms with Gasteiger partial charge in [-0.05, 0) is 25.1 Å². The molecule has 1 aromatic carbocycles. The van der Waals surface area contributed by atoms with Crippen LogP contribution in [0.25, 0.3) is 0 Å². The molecule has 0 aromatic heterocycles. The summed E-state index contributed by atoms with van der Waals surface area (Å²) in [6.07, 6.45) is 0. The van der Waals surface area contributed by atoms with E-state index in [4.69, 9.17) is 10.8 Å². The highest BCUT2D eigenvalue weighted by atomic mass is 32.2. The largest absolute Gasteiger partial charge is 0.398 e. The van der Waals surface area contributed by atoms with Crippen molar-refractivity contribution >= 4 is 15.7 Å². The third-order valence-electron chi connectivity index (χ3n) is 1.90. The maximum atomic E-state index is 12.9. The number of nitrogens with two attached hydrogens (primary N) is 1. The van der Waals surface area contributed by atoms with Crippen LogP contribution in [0.2, 0.25) is 0 Å². The van der Waals surface area contributed by atoms with Crippen LogP contribution in [0.15, 0.2) is 23.1 Å². The number of hydrogen-bond donors (Lipinski definition) is 3. The maximum Gasteiger partial charge on any atom is 0.243 e. The van der Waals surface area contributed by atoms with Crippen molar-refractivity contribution in [2.45, 2.75) is 17.9 Å². The lowest BCUT2D eigenvalue weighted by atomic mass is 10.3. The second-order valence-electron chi connectivity index (χ2n) is 3.39. The lowest BCUT2D eigenvalue weighted by Gasteiger charge is -2.12. The zero-order valence-corrected chi connectivity index (χ0v) is 9.46. The Balaban J connectivity index is 3.12. The fourth-order valence-electron chi connectivity index (χ4n) is 1.11. The molecule has 5 nitrogen and oxygen atoms in total. The molecule has 90 valence electrons. The van der Waals surface area contributed by atoms with Crippen LogP contribution in [0.1, 0.15) is 6.92 Å². The topological polar surface area (TPSA) is 92.4 Å². The van der Waals surface area contributed by atoms with Crippen LogP contribution in [0, 0.1) is 5.82 Å². The van der Waals surface area contributed by atoms with Crippen molar-refractivity contribution in [1.29, 1.82) is 0 Å². The SMILES string of the molecule is C[C@H](CO)NS(=O)(=O)c1cc(F)ccc1N. The average Bonchev–Trinajstić information content (AvgIpc) is 2.20. The van der Waals surface area contributed by atoms with E-state index in [0.29, 0.717) is 0 Å². The first-order valence-electron chi connectivity index (χ1n) is 4.55. The van der Waals surface area contributed by atoms with Crippen molar-refractivity contribution in [1.82, 2.24) is 4.72 Å². The molecule has 0 unspecified atom stereocenters. The summed E-state index contributed by atoms with van der Waals surface area (Å²) in [5, 5.41) is 8.74. The lowest BCUT2D eigenvalue weighted by Crippen LogP contribution is -2.35. The van der Waals surface area contributed by atoms with E-state index in [1.165, 1.54) is 13.0 Å². The van der Waals surface area contributed by atoms with E-state index in [-0.39, 0.29) is 17.2 Å². The first kappa shape index (κ1) is 12.9. The Morgan fingerprint density at radius 2 is 2.19 bits per heavy atom. The summed E-state index contributed by atoms with van der Waals surface area (Å²) in [5.41, 5.74) is 5.40. The van der Waals surface area contributed by atoms with E-state index >= 15 is 0 Å². The molecule has 0 spiro atoms. The zero-order valence-electron chi connectivity index (χ0n) is 8.64. The van der Waals surface area contributed by atoms with Crippen molar-refractivity contribution in [3.8, 4) is 0 Å².